The zero-order valence-electron chi connectivity index (χ0n) is 16.6. The summed E-state index contributed by atoms with van der Waals surface area (Å²) >= 11 is 1.33. The quantitative estimate of drug-likeness (QED) is 0.550. The Morgan fingerprint density at radius 1 is 0.900 bits per heavy atom. The number of carbonyl (C=O) groups is 3. The number of hydrogen-bond donors (Lipinski definition) is 3. The molecule has 0 saturated carbocycles. The second-order valence-corrected chi connectivity index (χ2v) is 7.61. The lowest BCUT2D eigenvalue weighted by Crippen LogP contribution is -2.34. The van der Waals surface area contributed by atoms with E-state index in [9.17, 15) is 14.4 Å². The summed E-state index contributed by atoms with van der Waals surface area (Å²) in [6.45, 7) is 1.77. The van der Waals surface area contributed by atoms with Gasteiger partial charge in [0.25, 0.3) is 5.91 Å². The van der Waals surface area contributed by atoms with Crippen molar-refractivity contribution in [3.8, 4) is 0 Å². The van der Waals surface area contributed by atoms with Crippen LogP contribution in [0.1, 0.15) is 15.2 Å². The van der Waals surface area contributed by atoms with E-state index in [0.29, 0.717) is 21.9 Å². The van der Waals surface area contributed by atoms with Crippen LogP contribution in [0.2, 0.25) is 0 Å². The third-order valence-electron chi connectivity index (χ3n) is 4.26. The fraction of sp³-hybridized carbons (Fsp3) is 0.136. The fourth-order valence-electron chi connectivity index (χ4n) is 2.71. The summed E-state index contributed by atoms with van der Waals surface area (Å²) in [4.78, 5) is 38.8. The van der Waals surface area contributed by atoms with Gasteiger partial charge in [-0.3, -0.25) is 9.59 Å². The van der Waals surface area contributed by atoms with Gasteiger partial charge in [0, 0.05) is 24.1 Å². The average molecular weight is 423 g/mol. The summed E-state index contributed by atoms with van der Waals surface area (Å²) in [5.74, 6) is -0.527. The van der Waals surface area contributed by atoms with E-state index in [1.165, 1.54) is 16.2 Å². The first-order valence-corrected chi connectivity index (χ1v) is 10.1. The van der Waals surface area contributed by atoms with E-state index in [1.807, 2.05) is 30.5 Å². The normalized spacial score (nSPS) is 10.2. The van der Waals surface area contributed by atoms with Gasteiger partial charge in [-0.05, 0) is 48.2 Å². The van der Waals surface area contributed by atoms with Crippen LogP contribution < -0.4 is 16.0 Å². The van der Waals surface area contributed by atoms with Gasteiger partial charge >= 0.3 is 6.03 Å². The second-order valence-electron chi connectivity index (χ2n) is 6.66. The third kappa shape index (κ3) is 5.68. The number of urea groups is 1. The first kappa shape index (κ1) is 21.1. The van der Waals surface area contributed by atoms with Crippen LogP contribution in [0.15, 0.2) is 66.0 Å². The fourth-order valence-corrected chi connectivity index (χ4v) is 3.43. The predicted molar refractivity (Wildman–Crippen MR) is 120 cm³/mol. The first-order chi connectivity index (χ1) is 14.4. The van der Waals surface area contributed by atoms with Crippen molar-refractivity contribution < 1.29 is 14.4 Å². The molecule has 3 aromatic rings. The Morgan fingerprint density at radius 2 is 1.63 bits per heavy atom. The molecule has 0 aliphatic rings. The lowest BCUT2D eigenvalue weighted by Gasteiger charge is -2.17. The molecule has 0 bridgehead atoms. The van der Waals surface area contributed by atoms with Crippen molar-refractivity contribution in [1.82, 2.24) is 4.90 Å². The molecule has 0 atom stereocenters. The Morgan fingerprint density at radius 3 is 2.33 bits per heavy atom. The summed E-state index contributed by atoms with van der Waals surface area (Å²) in [6, 6.07) is 17.5. The van der Waals surface area contributed by atoms with Crippen LogP contribution in [0.5, 0.6) is 0 Å². The molecule has 0 saturated heterocycles. The van der Waals surface area contributed by atoms with E-state index in [0.717, 1.165) is 5.56 Å². The van der Waals surface area contributed by atoms with Crippen molar-refractivity contribution in [3.05, 3.63) is 76.5 Å². The number of anilines is 3. The highest BCUT2D eigenvalue weighted by Crippen LogP contribution is 2.21. The number of hydrogen-bond acceptors (Lipinski definition) is 4. The molecular formula is C22H22N4O3S. The lowest BCUT2D eigenvalue weighted by atomic mass is 10.1. The maximum atomic E-state index is 12.4. The second kappa shape index (κ2) is 9.71. The molecule has 0 aliphatic heterocycles. The molecule has 7 nitrogen and oxygen atoms in total. The van der Waals surface area contributed by atoms with Crippen molar-refractivity contribution in [2.45, 2.75) is 6.92 Å². The SMILES string of the molecule is Cc1ccc(NC(=O)Nc2ccccc2)cc1NC(=O)CN(C)C(=O)c1cccs1. The summed E-state index contributed by atoms with van der Waals surface area (Å²) in [5, 5.41) is 10.1. The van der Waals surface area contributed by atoms with Crippen LogP contribution in [0.25, 0.3) is 0 Å². The van der Waals surface area contributed by atoms with Crippen molar-refractivity contribution in [2.75, 3.05) is 29.5 Å². The Bertz CT molecular complexity index is 1040. The number of thiophene rings is 1. The van der Waals surface area contributed by atoms with Gasteiger partial charge in [-0.25, -0.2) is 4.79 Å². The molecule has 3 N–H and O–H groups in total. The topological polar surface area (TPSA) is 90.5 Å². The minimum absolute atomic E-state index is 0.0810. The van der Waals surface area contributed by atoms with Crippen molar-refractivity contribution >= 4 is 46.2 Å². The number of aryl methyl sites for hydroxylation is 1. The average Bonchev–Trinajstić information content (AvgIpc) is 3.25. The van der Waals surface area contributed by atoms with Gasteiger partial charge in [0.15, 0.2) is 0 Å². The van der Waals surface area contributed by atoms with E-state index < -0.39 is 0 Å². The Kier molecular flexibility index (Phi) is 6.82. The lowest BCUT2D eigenvalue weighted by molar-refractivity contribution is -0.116. The summed E-state index contributed by atoms with van der Waals surface area (Å²) in [7, 11) is 1.58. The Hall–Kier alpha value is -3.65. The van der Waals surface area contributed by atoms with Gasteiger partial charge in [0.2, 0.25) is 5.91 Å². The van der Waals surface area contributed by atoms with Gasteiger partial charge in [-0.15, -0.1) is 11.3 Å². The van der Waals surface area contributed by atoms with E-state index in [2.05, 4.69) is 16.0 Å². The molecular weight excluding hydrogens is 400 g/mol. The first-order valence-electron chi connectivity index (χ1n) is 9.25. The monoisotopic (exact) mass is 422 g/mol. The van der Waals surface area contributed by atoms with E-state index in [1.54, 1.807) is 49.5 Å². The van der Waals surface area contributed by atoms with Crippen molar-refractivity contribution in [2.24, 2.45) is 0 Å². The highest BCUT2D eigenvalue weighted by Gasteiger charge is 2.16. The third-order valence-corrected chi connectivity index (χ3v) is 5.12. The standard InChI is InChI=1S/C22H22N4O3S/c1-15-10-11-17(24-22(29)23-16-7-4-3-5-8-16)13-18(15)25-20(27)14-26(2)21(28)19-9-6-12-30-19/h3-13H,14H2,1-2H3,(H,25,27)(H2,23,24,29). The van der Waals surface area contributed by atoms with Gasteiger partial charge in [0.1, 0.15) is 0 Å². The number of likely N-dealkylation sites (N-methyl/N-ethyl adjacent to an activating group) is 1. The molecule has 0 spiro atoms. The van der Waals surface area contributed by atoms with Crippen LogP contribution in [-0.4, -0.2) is 36.3 Å². The number of amides is 4. The molecule has 0 radical (unpaired) electrons. The molecule has 1 aromatic heterocycles. The highest BCUT2D eigenvalue weighted by atomic mass is 32.1. The summed E-state index contributed by atoms with van der Waals surface area (Å²) in [5.41, 5.74) is 2.61. The summed E-state index contributed by atoms with van der Waals surface area (Å²) in [6.07, 6.45) is 0. The molecule has 0 unspecified atom stereocenters. The zero-order valence-corrected chi connectivity index (χ0v) is 17.5. The Labute approximate surface area is 178 Å². The minimum Gasteiger partial charge on any atom is -0.332 e. The largest absolute Gasteiger partial charge is 0.332 e. The molecule has 1 heterocycles. The number of carbonyl (C=O) groups excluding carboxylic acids is 3. The van der Waals surface area contributed by atoms with Crippen LogP contribution in [0.4, 0.5) is 21.9 Å². The van der Waals surface area contributed by atoms with Crippen LogP contribution in [-0.2, 0) is 4.79 Å². The molecule has 0 fully saturated rings. The van der Waals surface area contributed by atoms with Crippen molar-refractivity contribution in [1.29, 1.82) is 0 Å². The molecule has 0 aliphatic carbocycles. The van der Waals surface area contributed by atoms with Gasteiger partial charge in [-0.1, -0.05) is 30.3 Å². The van der Waals surface area contributed by atoms with Gasteiger partial charge in [0.05, 0.1) is 11.4 Å². The summed E-state index contributed by atoms with van der Waals surface area (Å²) < 4.78 is 0. The molecule has 2 aromatic carbocycles. The van der Waals surface area contributed by atoms with Crippen molar-refractivity contribution in [3.63, 3.8) is 0 Å². The smallest absolute Gasteiger partial charge is 0.323 e. The van der Waals surface area contributed by atoms with Crippen LogP contribution in [0.3, 0.4) is 0 Å². The van der Waals surface area contributed by atoms with E-state index in [-0.39, 0.29) is 24.4 Å². The Balaban J connectivity index is 1.59. The van der Waals surface area contributed by atoms with Crippen LogP contribution >= 0.6 is 11.3 Å². The number of nitrogens with zero attached hydrogens (tertiary/aromatic N) is 1. The van der Waals surface area contributed by atoms with E-state index >= 15 is 0 Å². The van der Waals surface area contributed by atoms with E-state index in [4.69, 9.17) is 0 Å². The number of rotatable bonds is 6. The molecule has 8 heteroatoms. The molecule has 30 heavy (non-hydrogen) atoms. The predicted octanol–water partition coefficient (Wildman–Crippen LogP) is 4.41. The number of nitrogens with one attached hydrogen (secondary N) is 3. The zero-order chi connectivity index (χ0) is 21.5. The molecule has 4 amide bonds. The molecule has 3 rings (SSSR count). The molecule has 154 valence electrons. The van der Waals surface area contributed by atoms with Crippen LogP contribution in [0, 0.1) is 6.92 Å². The van der Waals surface area contributed by atoms with Gasteiger partial charge in [-0.2, -0.15) is 0 Å². The maximum absolute atomic E-state index is 12.4. The number of benzene rings is 2. The maximum Gasteiger partial charge on any atom is 0.323 e. The van der Waals surface area contributed by atoms with Gasteiger partial charge < -0.3 is 20.9 Å². The highest BCUT2D eigenvalue weighted by molar-refractivity contribution is 7.12. The minimum atomic E-state index is -0.386. The number of para-hydroxylation sites is 1.